The minimum absolute atomic E-state index is 0.0453. The van der Waals surface area contributed by atoms with Crippen LogP contribution in [0.5, 0.6) is 17.2 Å². The van der Waals surface area contributed by atoms with Gasteiger partial charge in [-0.05, 0) is 0 Å². The Labute approximate surface area is 164 Å². The third-order valence-electron chi connectivity index (χ3n) is 3.38. The number of hydrogen-bond acceptors (Lipinski definition) is 7. The van der Waals surface area contributed by atoms with Crippen molar-refractivity contribution in [3.05, 3.63) is 47.4 Å². The van der Waals surface area contributed by atoms with Crippen molar-refractivity contribution in [2.45, 2.75) is 6.61 Å². The van der Waals surface area contributed by atoms with Gasteiger partial charge in [0.05, 0.1) is 38.1 Å². The number of aromatic nitrogens is 2. The van der Waals surface area contributed by atoms with Gasteiger partial charge in [0, 0.05) is 17.8 Å². The zero-order valence-corrected chi connectivity index (χ0v) is 15.8. The van der Waals surface area contributed by atoms with Crippen molar-refractivity contribution in [2.24, 2.45) is 16.5 Å². The zero-order chi connectivity index (χ0) is 20.7. The molecule has 0 aliphatic carbocycles. The third-order valence-corrected chi connectivity index (χ3v) is 3.69. The fourth-order valence-electron chi connectivity index (χ4n) is 2.04. The zero-order valence-electron chi connectivity index (χ0n) is 15.1. The summed E-state index contributed by atoms with van der Waals surface area (Å²) >= 11 is 5.54. The van der Waals surface area contributed by atoms with Crippen LogP contribution < -0.4 is 25.7 Å². The van der Waals surface area contributed by atoms with E-state index in [1.807, 2.05) is 0 Å². The van der Waals surface area contributed by atoms with Crippen molar-refractivity contribution in [3.63, 3.8) is 0 Å². The van der Waals surface area contributed by atoms with Gasteiger partial charge in [0.25, 0.3) is 5.95 Å². The molecule has 4 N–H and O–H groups in total. The number of alkyl halides is 1. The highest BCUT2D eigenvalue weighted by molar-refractivity contribution is 6.19. The number of allylic oxidation sites excluding steroid dienone is 1. The van der Waals surface area contributed by atoms with Gasteiger partial charge < -0.3 is 25.7 Å². The first-order valence-corrected chi connectivity index (χ1v) is 8.32. The Morgan fingerprint density at radius 1 is 1.14 bits per heavy atom. The predicted molar refractivity (Wildman–Crippen MR) is 100 cm³/mol. The van der Waals surface area contributed by atoms with Crippen LogP contribution in [0.15, 0.2) is 35.2 Å². The van der Waals surface area contributed by atoms with Crippen molar-refractivity contribution < 1.29 is 23.0 Å². The molecule has 0 atom stereocenters. The number of rotatable bonds is 8. The molecule has 0 saturated carbocycles. The van der Waals surface area contributed by atoms with Crippen molar-refractivity contribution in [1.29, 1.82) is 0 Å². The first-order chi connectivity index (χ1) is 13.4. The number of amidine groups is 1. The summed E-state index contributed by atoms with van der Waals surface area (Å²) in [5.74, 6) is -1.74. The number of methoxy groups -OCH3 is 2. The molecule has 0 fully saturated rings. The van der Waals surface area contributed by atoms with Gasteiger partial charge in [0.15, 0.2) is 28.9 Å². The summed E-state index contributed by atoms with van der Waals surface area (Å²) < 4.78 is 43.7. The second kappa shape index (κ2) is 9.70. The maximum atomic E-state index is 14.3. The standard InChI is InChI=1S/C17H18ClF2N5O3/c1-26-12-4-13(27-2)16(20)11(15(12)19)8-28-10-6-23-17(24-7-10)25-14(22)3-9(21)5-18/h3-4,6-7H,5,8,21H2,1-2H3,(H2,22,23,24,25)/b9-3-. The van der Waals surface area contributed by atoms with Gasteiger partial charge in [-0.1, -0.05) is 0 Å². The lowest BCUT2D eigenvalue weighted by atomic mass is 10.1. The number of nitrogens with two attached hydrogens (primary N) is 2. The molecule has 11 heteroatoms. The molecule has 0 saturated heterocycles. The Bertz CT molecular complexity index is 863. The molecule has 1 heterocycles. The van der Waals surface area contributed by atoms with E-state index in [9.17, 15) is 8.78 Å². The highest BCUT2D eigenvalue weighted by Gasteiger charge is 2.20. The van der Waals surface area contributed by atoms with E-state index in [1.165, 1.54) is 32.7 Å². The van der Waals surface area contributed by atoms with E-state index < -0.39 is 18.2 Å². The number of ether oxygens (including phenoxy) is 3. The monoisotopic (exact) mass is 413 g/mol. The van der Waals surface area contributed by atoms with E-state index in [1.54, 1.807) is 0 Å². The molecule has 8 nitrogen and oxygen atoms in total. The molecule has 1 aromatic carbocycles. The van der Waals surface area contributed by atoms with Gasteiger partial charge in [0.2, 0.25) is 0 Å². The van der Waals surface area contributed by atoms with Crippen molar-refractivity contribution >= 4 is 23.4 Å². The van der Waals surface area contributed by atoms with Crippen LogP contribution >= 0.6 is 11.6 Å². The Morgan fingerprint density at radius 3 is 2.21 bits per heavy atom. The van der Waals surface area contributed by atoms with Gasteiger partial charge in [-0.25, -0.2) is 18.7 Å². The van der Waals surface area contributed by atoms with E-state index in [-0.39, 0.29) is 40.5 Å². The molecule has 1 aromatic heterocycles. The normalized spacial score (nSPS) is 12.0. The third kappa shape index (κ3) is 5.19. The van der Waals surface area contributed by atoms with Gasteiger partial charge in [-0.3, -0.25) is 0 Å². The van der Waals surface area contributed by atoms with Crippen LogP contribution in [0.3, 0.4) is 0 Å². The Morgan fingerprint density at radius 2 is 1.71 bits per heavy atom. The van der Waals surface area contributed by atoms with Gasteiger partial charge in [-0.2, -0.15) is 4.99 Å². The maximum absolute atomic E-state index is 14.3. The molecule has 0 aliphatic heterocycles. The molecule has 0 unspecified atom stereocenters. The first-order valence-electron chi connectivity index (χ1n) is 7.79. The smallest absolute Gasteiger partial charge is 0.251 e. The molecule has 0 spiro atoms. The summed E-state index contributed by atoms with van der Waals surface area (Å²) in [5, 5.41) is 0. The maximum Gasteiger partial charge on any atom is 0.251 e. The van der Waals surface area contributed by atoms with Crippen LogP contribution in [-0.2, 0) is 6.61 Å². The number of hydrogen-bond donors (Lipinski definition) is 2. The molecule has 28 heavy (non-hydrogen) atoms. The average molecular weight is 414 g/mol. The molecule has 2 aromatic rings. The van der Waals surface area contributed by atoms with Crippen molar-refractivity contribution in [2.75, 3.05) is 20.1 Å². The van der Waals surface area contributed by atoms with Crippen LogP contribution in [0, 0.1) is 11.6 Å². The molecule has 0 radical (unpaired) electrons. The summed E-state index contributed by atoms with van der Waals surface area (Å²) in [4.78, 5) is 11.8. The Hall–Kier alpha value is -3.14. The molecule has 2 rings (SSSR count). The number of nitrogens with zero attached hydrogens (tertiary/aromatic N) is 3. The van der Waals surface area contributed by atoms with E-state index in [2.05, 4.69) is 15.0 Å². The lowest BCUT2D eigenvalue weighted by Gasteiger charge is -2.13. The summed E-state index contributed by atoms with van der Waals surface area (Å²) in [6.45, 7) is -0.436. The fraction of sp³-hybridized carbons (Fsp3) is 0.235. The number of halogens is 3. The number of aliphatic imine (C=N–C) groups is 1. The van der Waals surface area contributed by atoms with Crippen molar-refractivity contribution in [1.82, 2.24) is 9.97 Å². The van der Waals surface area contributed by atoms with Gasteiger partial charge >= 0.3 is 0 Å². The van der Waals surface area contributed by atoms with E-state index in [0.717, 1.165) is 6.07 Å². The lowest BCUT2D eigenvalue weighted by Crippen LogP contribution is -2.12. The van der Waals surface area contributed by atoms with Crippen LogP contribution in [0.1, 0.15) is 5.56 Å². The second-order valence-electron chi connectivity index (χ2n) is 5.28. The minimum Gasteiger partial charge on any atom is -0.494 e. The molecule has 150 valence electrons. The second-order valence-corrected chi connectivity index (χ2v) is 5.55. The van der Waals surface area contributed by atoms with Gasteiger partial charge in [-0.15, -0.1) is 11.6 Å². The fourth-order valence-corrected chi connectivity index (χ4v) is 2.11. The highest BCUT2D eigenvalue weighted by atomic mass is 35.5. The van der Waals surface area contributed by atoms with Crippen LogP contribution in [0.4, 0.5) is 14.7 Å². The van der Waals surface area contributed by atoms with E-state index in [4.69, 9.17) is 37.3 Å². The quantitative estimate of drug-likeness (QED) is 0.387. The molecular weight excluding hydrogens is 396 g/mol. The highest BCUT2D eigenvalue weighted by Crippen LogP contribution is 2.31. The molecular formula is C17H18ClF2N5O3. The summed E-state index contributed by atoms with van der Waals surface area (Å²) in [6, 6.07) is 1.11. The molecule has 0 amide bonds. The summed E-state index contributed by atoms with van der Waals surface area (Å²) in [5.41, 5.74) is 11.2. The number of benzene rings is 1. The minimum atomic E-state index is -0.889. The Kier molecular flexibility index (Phi) is 7.33. The van der Waals surface area contributed by atoms with Gasteiger partial charge in [0.1, 0.15) is 12.4 Å². The molecule has 0 aliphatic rings. The van der Waals surface area contributed by atoms with Crippen LogP contribution in [0.25, 0.3) is 0 Å². The Balaban J connectivity index is 2.15. The van der Waals surface area contributed by atoms with Crippen molar-refractivity contribution in [3.8, 4) is 17.2 Å². The topological polar surface area (TPSA) is 118 Å². The first kappa shape index (κ1) is 21.2. The predicted octanol–water partition coefficient (Wildman–Crippen LogP) is 2.42. The largest absolute Gasteiger partial charge is 0.494 e. The summed E-state index contributed by atoms with van der Waals surface area (Å²) in [6.07, 6.45) is 3.93. The van der Waals surface area contributed by atoms with E-state index >= 15 is 0 Å². The SMILES string of the molecule is COc1cc(OC)c(F)c(COc2cnc(/N=C(N)\C=C(/N)CCl)nc2)c1F. The lowest BCUT2D eigenvalue weighted by molar-refractivity contribution is 0.280. The summed E-state index contributed by atoms with van der Waals surface area (Å²) in [7, 11) is 2.52. The average Bonchev–Trinajstić information content (AvgIpc) is 2.69. The van der Waals surface area contributed by atoms with Crippen LogP contribution in [-0.4, -0.2) is 35.9 Å². The molecule has 0 bridgehead atoms. The van der Waals surface area contributed by atoms with Crippen LogP contribution in [0.2, 0.25) is 0 Å². The van der Waals surface area contributed by atoms with E-state index in [0.29, 0.717) is 5.70 Å².